The van der Waals surface area contributed by atoms with Gasteiger partial charge in [-0.25, -0.2) is 0 Å². The fourth-order valence-corrected chi connectivity index (χ4v) is 7.63. The van der Waals surface area contributed by atoms with Gasteiger partial charge in [0.25, 0.3) is 0 Å². The molecule has 5 aromatic carbocycles. The smallest absolute Gasteiger partial charge is 0.119 e. The highest BCUT2D eigenvalue weighted by Crippen LogP contribution is 2.32. The van der Waals surface area contributed by atoms with Crippen LogP contribution in [0.25, 0.3) is 22.3 Å². The van der Waals surface area contributed by atoms with Gasteiger partial charge in [0.2, 0.25) is 0 Å². The summed E-state index contributed by atoms with van der Waals surface area (Å²) in [6, 6.07) is 41.9. The quantitative estimate of drug-likeness (QED) is 0.0410. The molecule has 0 aliphatic rings. The third-order valence-corrected chi connectivity index (χ3v) is 11.3. The van der Waals surface area contributed by atoms with E-state index in [-0.39, 0.29) is 0 Å². The highest BCUT2D eigenvalue weighted by molar-refractivity contribution is 5.82. The molecule has 2 nitrogen and oxygen atoms in total. The maximum Gasteiger partial charge on any atom is 0.119 e. The Morgan fingerprint density at radius 2 is 0.650 bits per heavy atom. The summed E-state index contributed by atoms with van der Waals surface area (Å²) < 4.78 is 12.2. The maximum absolute atomic E-state index is 6.09. The highest BCUT2D eigenvalue weighted by atomic mass is 16.5. The van der Waals surface area contributed by atoms with Crippen molar-refractivity contribution >= 4 is 0 Å². The van der Waals surface area contributed by atoms with E-state index in [2.05, 4.69) is 135 Å². The predicted octanol–water partition coefficient (Wildman–Crippen LogP) is 16.4. The minimum atomic E-state index is 0.763. The van der Waals surface area contributed by atoms with Crippen molar-refractivity contribution in [3.8, 4) is 57.4 Å². The molecule has 0 radical (unpaired) electrons. The van der Waals surface area contributed by atoms with Gasteiger partial charge in [0.05, 0.1) is 13.2 Å². The molecular formula is C58H70O2. The van der Waals surface area contributed by atoms with Crippen LogP contribution in [0.2, 0.25) is 0 Å². The molecule has 0 heterocycles. The topological polar surface area (TPSA) is 18.5 Å². The van der Waals surface area contributed by atoms with E-state index in [1.165, 1.54) is 116 Å². The SMILES string of the molecule is CCCCCCCCCCCCOc1ccc(C#Cc2cc(-c3ccccc3)c(C#Cc3ccc(OCCCCCCCCCCCC)cc3)cc2-c2ccccc2)cc1. The normalized spacial score (nSPS) is 10.7. The van der Waals surface area contributed by atoms with Gasteiger partial charge in [-0.05, 0) is 95.8 Å². The molecule has 0 unspecified atom stereocenters. The lowest BCUT2D eigenvalue weighted by molar-refractivity contribution is 0.304. The lowest BCUT2D eigenvalue weighted by atomic mass is 9.90. The van der Waals surface area contributed by atoms with E-state index in [1.54, 1.807) is 0 Å². The molecule has 0 aliphatic carbocycles. The number of unbranched alkanes of at least 4 members (excludes halogenated alkanes) is 18. The van der Waals surface area contributed by atoms with Crippen molar-refractivity contribution in [3.63, 3.8) is 0 Å². The lowest BCUT2D eigenvalue weighted by Gasteiger charge is -2.12. The summed E-state index contributed by atoms with van der Waals surface area (Å²) >= 11 is 0. The summed E-state index contributed by atoms with van der Waals surface area (Å²) in [7, 11) is 0. The monoisotopic (exact) mass is 799 g/mol. The molecule has 0 aromatic heterocycles. The Hall–Kier alpha value is -5.18. The van der Waals surface area contributed by atoms with Gasteiger partial charge in [-0.2, -0.15) is 0 Å². The first-order chi connectivity index (χ1) is 29.7. The second-order valence-corrected chi connectivity index (χ2v) is 16.3. The fraction of sp³-hybridized carbons (Fsp3) is 0.414. The summed E-state index contributed by atoms with van der Waals surface area (Å²) in [5.41, 5.74) is 8.22. The minimum absolute atomic E-state index is 0.763. The zero-order valence-electron chi connectivity index (χ0n) is 36.9. The van der Waals surface area contributed by atoms with Crippen molar-refractivity contribution < 1.29 is 9.47 Å². The first-order valence-corrected chi connectivity index (χ1v) is 23.5. The Morgan fingerprint density at radius 1 is 0.333 bits per heavy atom. The first kappa shape index (κ1) is 45.9. The molecule has 5 aromatic rings. The largest absolute Gasteiger partial charge is 0.494 e. The Labute approximate surface area is 364 Å². The van der Waals surface area contributed by atoms with Crippen LogP contribution in [-0.4, -0.2) is 13.2 Å². The van der Waals surface area contributed by atoms with Gasteiger partial charge >= 0.3 is 0 Å². The van der Waals surface area contributed by atoms with Gasteiger partial charge in [-0.3, -0.25) is 0 Å². The Bertz CT molecular complexity index is 1870. The average molecular weight is 799 g/mol. The molecular weight excluding hydrogens is 729 g/mol. The molecule has 5 rings (SSSR count). The third-order valence-electron chi connectivity index (χ3n) is 11.3. The molecule has 2 heteroatoms. The summed E-state index contributed by atoms with van der Waals surface area (Å²) in [4.78, 5) is 0. The van der Waals surface area contributed by atoms with Crippen LogP contribution in [0.5, 0.6) is 11.5 Å². The van der Waals surface area contributed by atoms with Crippen molar-refractivity contribution in [1.82, 2.24) is 0 Å². The van der Waals surface area contributed by atoms with Gasteiger partial charge in [0.1, 0.15) is 11.5 Å². The summed E-state index contributed by atoms with van der Waals surface area (Å²) in [6.07, 6.45) is 26.5. The van der Waals surface area contributed by atoms with Crippen LogP contribution in [-0.2, 0) is 0 Å². The zero-order chi connectivity index (χ0) is 41.7. The Morgan fingerprint density at radius 3 is 0.983 bits per heavy atom. The molecule has 0 amide bonds. The van der Waals surface area contributed by atoms with Crippen LogP contribution in [0.1, 0.15) is 165 Å². The Balaban J connectivity index is 1.21. The van der Waals surface area contributed by atoms with E-state index in [4.69, 9.17) is 9.47 Å². The predicted molar refractivity (Wildman–Crippen MR) is 257 cm³/mol. The first-order valence-electron chi connectivity index (χ1n) is 23.5. The molecule has 0 atom stereocenters. The number of hydrogen-bond donors (Lipinski definition) is 0. The van der Waals surface area contributed by atoms with Gasteiger partial charge in [0.15, 0.2) is 0 Å². The molecule has 0 fully saturated rings. The second-order valence-electron chi connectivity index (χ2n) is 16.3. The van der Waals surface area contributed by atoms with Gasteiger partial charge in [-0.1, -0.05) is 214 Å². The molecule has 0 saturated carbocycles. The second kappa shape index (κ2) is 28.3. The molecule has 0 aliphatic heterocycles. The fourth-order valence-electron chi connectivity index (χ4n) is 7.63. The molecule has 0 N–H and O–H groups in total. The van der Waals surface area contributed by atoms with Crippen molar-refractivity contribution in [2.45, 2.75) is 142 Å². The number of benzene rings is 5. The van der Waals surface area contributed by atoms with E-state index >= 15 is 0 Å². The van der Waals surface area contributed by atoms with E-state index in [0.717, 1.165) is 82.1 Å². The molecule has 0 bridgehead atoms. The minimum Gasteiger partial charge on any atom is -0.494 e. The molecule has 314 valence electrons. The van der Waals surface area contributed by atoms with Crippen LogP contribution in [0.3, 0.4) is 0 Å². The summed E-state index contributed by atoms with van der Waals surface area (Å²) in [5.74, 6) is 15.8. The van der Waals surface area contributed by atoms with E-state index in [0.29, 0.717) is 0 Å². The van der Waals surface area contributed by atoms with Crippen LogP contribution in [0, 0.1) is 23.7 Å². The van der Waals surface area contributed by atoms with Crippen molar-refractivity contribution in [3.05, 3.63) is 144 Å². The van der Waals surface area contributed by atoms with Gasteiger partial charge in [0, 0.05) is 22.3 Å². The van der Waals surface area contributed by atoms with Crippen LogP contribution in [0.15, 0.2) is 121 Å². The Kier molecular flexibility index (Phi) is 21.7. The van der Waals surface area contributed by atoms with Crippen molar-refractivity contribution in [1.29, 1.82) is 0 Å². The molecule has 0 saturated heterocycles. The molecule has 60 heavy (non-hydrogen) atoms. The van der Waals surface area contributed by atoms with Crippen LogP contribution >= 0.6 is 0 Å². The van der Waals surface area contributed by atoms with Gasteiger partial charge in [-0.15, -0.1) is 0 Å². The zero-order valence-corrected chi connectivity index (χ0v) is 36.9. The number of rotatable bonds is 26. The van der Waals surface area contributed by atoms with E-state index < -0.39 is 0 Å². The number of ether oxygens (including phenoxy) is 2. The van der Waals surface area contributed by atoms with E-state index in [1.807, 2.05) is 24.3 Å². The average Bonchev–Trinajstić information content (AvgIpc) is 3.30. The maximum atomic E-state index is 6.09. The summed E-state index contributed by atoms with van der Waals surface area (Å²) in [5, 5.41) is 0. The van der Waals surface area contributed by atoms with Crippen LogP contribution < -0.4 is 9.47 Å². The standard InChI is InChI=1S/C58H70O2/c1-3-5-7-9-11-13-15-17-19-27-45-59-55-41-35-49(36-42-55)33-39-53-47-58(52-31-25-22-26-32-52)54(48-57(53)51-29-23-21-24-30-51)40-34-50-37-43-56(44-38-50)60-46-28-20-18-16-14-12-10-8-6-4-2/h21-26,29-32,35-38,41-44,47-48H,3-20,27-28,45-46H2,1-2H3. The summed E-state index contributed by atoms with van der Waals surface area (Å²) in [6.45, 7) is 6.08. The highest BCUT2D eigenvalue weighted by Gasteiger charge is 2.12. The number of hydrogen-bond acceptors (Lipinski definition) is 2. The van der Waals surface area contributed by atoms with Crippen molar-refractivity contribution in [2.24, 2.45) is 0 Å². The van der Waals surface area contributed by atoms with Gasteiger partial charge < -0.3 is 9.47 Å². The van der Waals surface area contributed by atoms with E-state index in [9.17, 15) is 0 Å². The molecule has 0 spiro atoms. The van der Waals surface area contributed by atoms with Crippen LogP contribution in [0.4, 0.5) is 0 Å². The lowest BCUT2D eigenvalue weighted by Crippen LogP contribution is -1.97. The van der Waals surface area contributed by atoms with Crippen molar-refractivity contribution in [2.75, 3.05) is 13.2 Å². The third kappa shape index (κ3) is 17.2.